The Labute approximate surface area is 82.4 Å². The molecule has 1 aliphatic rings. The quantitative estimate of drug-likeness (QED) is 0.437. The molecule has 1 saturated carbocycles. The SMILES string of the molecule is c1cnc(SCCNC2CC2)nc1. The smallest absolute Gasteiger partial charge is 0.187 e. The van der Waals surface area contributed by atoms with E-state index in [0.29, 0.717) is 0 Å². The first kappa shape index (κ1) is 8.97. The fraction of sp³-hybridized carbons (Fsp3) is 0.556. The molecule has 1 aromatic heterocycles. The van der Waals surface area contributed by atoms with Gasteiger partial charge in [-0.05, 0) is 18.9 Å². The predicted molar refractivity (Wildman–Crippen MR) is 53.8 cm³/mol. The van der Waals surface area contributed by atoms with Crippen molar-refractivity contribution in [2.75, 3.05) is 12.3 Å². The minimum Gasteiger partial charge on any atom is -0.313 e. The lowest BCUT2D eigenvalue weighted by molar-refractivity contribution is 0.725. The van der Waals surface area contributed by atoms with E-state index in [1.165, 1.54) is 12.8 Å². The van der Waals surface area contributed by atoms with E-state index in [0.717, 1.165) is 23.5 Å². The number of hydrogen-bond acceptors (Lipinski definition) is 4. The molecule has 0 bridgehead atoms. The first-order valence-corrected chi connectivity index (χ1v) is 5.57. The van der Waals surface area contributed by atoms with Crippen LogP contribution < -0.4 is 5.32 Å². The Bertz CT molecular complexity index is 248. The third kappa shape index (κ3) is 3.32. The van der Waals surface area contributed by atoms with E-state index < -0.39 is 0 Å². The molecule has 4 heteroatoms. The molecule has 2 rings (SSSR count). The Morgan fingerprint density at radius 1 is 1.38 bits per heavy atom. The second-order valence-electron chi connectivity index (χ2n) is 3.11. The van der Waals surface area contributed by atoms with E-state index >= 15 is 0 Å². The maximum atomic E-state index is 4.14. The lowest BCUT2D eigenvalue weighted by atomic mass is 10.6. The average molecular weight is 195 g/mol. The summed E-state index contributed by atoms with van der Waals surface area (Å²) in [6, 6.07) is 2.64. The van der Waals surface area contributed by atoms with Gasteiger partial charge in [-0.1, -0.05) is 11.8 Å². The fourth-order valence-corrected chi connectivity index (χ4v) is 1.73. The van der Waals surface area contributed by atoms with Crippen LogP contribution in [-0.4, -0.2) is 28.3 Å². The Balaban J connectivity index is 1.61. The zero-order valence-electron chi connectivity index (χ0n) is 7.44. The van der Waals surface area contributed by atoms with Crippen molar-refractivity contribution in [2.45, 2.75) is 24.0 Å². The lowest BCUT2D eigenvalue weighted by Gasteiger charge is -2.00. The van der Waals surface area contributed by atoms with Crippen molar-refractivity contribution >= 4 is 11.8 Å². The lowest BCUT2D eigenvalue weighted by Crippen LogP contribution is -2.19. The summed E-state index contributed by atoms with van der Waals surface area (Å²) in [5.74, 6) is 1.06. The van der Waals surface area contributed by atoms with Crippen LogP contribution in [0.2, 0.25) is 0 Å². The molecule has 1 aliphatic carbocycles. The van der Waals surface area contributed by atoms with Crippen LogP contribution in [0.4, 0.5) is 0 Å². The van der Waals surface area contributed by atoms with Crippen molar-refractivity contribution in [2.24, 2.45) is 0 Å². The van der Waals surface area contributed by atoms with Gasteiger partial charge in [-0.15, -0.1) is 0 Å². The van der Waals surface area contributed by atoms with Crippen molar-refractivity contribution < 1.29 is 0 Å². The van der Waals surface area contributed by atoms with E-state index in [4.69, 9.17) is 0 Å². The summed E-state index contributed by atoms with van der Waals surface area (Å²) < 4.78 is 0. The fourth-order valence-electron chi connectivity index (χ4n) is 1.05. The zero-order chi connectivity index (χ0) is 8.93. The Morgan fingerprint density at radius 2 is 2.15 bits per heavy atom. The van der Waals surface area contributed by atoms with Gasteiger partial charge in [0.15, 0.2) is 5.16 Å². The molecule has 0 amide bonds. The molecule has 0 unspecified atom stereocenters. The van der Waals surface area contributed by atoms with Gasteiger partial charge in [-0.2, -0.15) is 0 Å². The molecule has 0 aromatic carbocycles. The summed E-state index contributed by atoms with van der Waals surface area (Å²) in [6.45, 7) is 1.06. The third-order valence-corrected chi connectivity index (χ3v) is 2.76. The van der Waals surface area contributed by atoms with Gasteiger partial charge in [-0.25, -0.2) is 9.97 Å². The maximum Gasteiger partial charge on any atom is 0.187 e. The van der Waals surface area contributed by atoms with Crippen LogP contribution in [0.15, 0.2) is 23.6 Å². The molecular formula is C9H13N3S. The van der Waals surface area contributed by atoms with Gasteiger partial charge in [-0.3, -0.25) is 0 Å². The highest BCUT2D eigenvalue weighted by Gasteiger charge is 2.19. The molecule has 0 spiro atoms. The van der Waals surface area contributed by atoms with Crippen LogP contribution in [0, 0.1) is 0 Å². The third-order valence-electron chi connectivity index (χ3n) is 1.89. The summed E-state index contributed by atoms with van der Waals surface area (Å²) in [6.07, 6.45) is 6.27. The molecule has 0 atom stereocenters. The highest BCUT2D eigenvalue weighted by atomic mass is 32.2. The van der Waals surface area contributed by atoms with Gasteiger partial charge in [0, 0.05) is 30.7 Å². The van der Waals surface area contributed by atoms with Gasteiger partial charge in [0.1, 0.15) is 0 Å². The molecule has 1 N–H and O–H groups in total. The molecule has 1 heterocycles. The first-order valence-electron chi connectivity index (χ1n) is 4.58. The second kappa shape index (κ2) is 4.58. The summed E-state index contributed by atoms with van der Waals surface area (Å²) in [4.78, 5) is 8.27. The van der Waals surface area contributed by atoms with Crippen LogP contribution in [0.3, 0.4) is 0 Å². The zero-order valence-corrected chi connectivity index (χ0v) is 8.26. The molecule has 70 valence electrons. The van der Waals surface area contributed by atoms with E-state index in [1.54, 1.807) is 24.2 Å². The van der Waals surface area contributed by atoms with Crippen molar-refractivity contribution in [1.29, 1.82) is 0 Å². The normalized spacial score (nSPS) is 16.0. The molecule has 1 aromatic rings. The molecule has 1 fully saturated rings. The number of hydrogen-bond donors (Lipinski definition) is 1. The molecule has 0 radical (unpaired) electrons. The van der Waals surface area contributed by atoms with Gasteiger partial charge in [0.2, 0.25) is 0 Å². The van der Waals surface area contributed by atoms with E-state index in [9.17, 15) is 0 Å². The van der Waals surface area contributed by atoms with Crippen molar-refractivity contribution in [3.63, 3.8) is 0 Å². The number of nitrogens with one attached hydrogen (secondary N) is 1. The van der Waals surface area contributed by atoms with E-state index in [1.807, 2.05) is 6.07 Å². The van der Waals surface area contributed by atoms with Crippen molar-refractivity contribution in [3.8, 4) is 0 Å². The second-order valence-corrected chi connectivity index (χ2v) is 4.17. The molecule has 0 aliphatic heterocycles. The summed E-state index contributed by atoms with van der Waals surface area (Å²) in [5.41, 5.74) is 0. The van der Waals surface area contributed by atoms with Crippen molar-refractivity contribution in [3.05, 3.63) is 18.5 Å². The predicted octanol–water partition coefficient (Wildman–Crippen LogP) is 1.32. The van der Waals surface area contributed by atoms with Gasteiger partial charge in [0.25, 0.3) is 0 Å². The molecule has 3 nitrogen and oxygen atoms in total. The molecule has 13 heavy (non-hydrogen) atoms. The Hall–Kier alpha value is -0.610. The monoisotopic (exact) mass is 195 g/mol. The van der Waals surface area contributed by atoms with E-state index in [-0.39, 0.29) is 0 Å². The van der Waals surface area contributed by atoms with Gasteiger partial charge < -0.3 is 5.32 Å². The minimum absolute atomic E-state index is 0.803. The number of rotatable bonds is 5. The largest absolute Gasteiger partial charge is 0.313 e. The summed E-state index contributed by atoms with van der Waals surface area (Å²) in [7, 11) is 0. The summed E-state index contributed by atoms with van der Waals surface area (Å²) >= 11 is 1.71. The van der Waals surface area contributed by atoms with Crippen LogP contribution >= 0.6 is 11.8 Å². The van der Waals surface area contributed by atoms with Gasteiger partial charge in [0.05, 0.1) is 0 Å². The highest BCUT2D eigenvalue weighted by molar-refractivity contribution is 7.99. The molecule has 0 saturated heterocycles. The Morgan fingerprint density at radius 3 is 2.85 bits per heavy atom. The average Bonchev–Trinajstić information content (AvgIpc) is 2.98. The van der Waals surface area contributed by atoms with Crippen molar-refractivity contribution in [1.82, 2.24) is 15.3 Å². The van der Waals surface area contributed by atoms with Crippen LogP contribution in [-0.2, 0) is 0 Å². The van der Waals surface area contributed by atoms with E-state index in [2.05, 4.69) is 15.3 Å². The Kier molecular flexibility index (Phi) is 3.16. The minimum atomic E-state index is 0.803. The standard InChI is InChI=1S/C9H13N3S/c1-4-11-9(12-5-1)13-7-6-10-8-2-3-8/h1,4-5,8,10H,2-3,6-7H2. The number of thioether (sulfide) groups is 1. The van der Waals surface area contributed by atoms with Crippen LogP contribution in [0.5, 0.6) is 0 Å². The van der Waals surface area contributed by atoms with Gasteiger partial charge >= 0.3 is 0 Å². The first-order chi connectivity index (χ1) is 6.45. The highest BCUT2D eigenvalue weighted by Crippen LogP contribution is 2.18. The van der Waals surface area contributed by atoms with Crippen LogP contribution in [0.25, 0.3) is 0 Å². The summed E-state index contributed by atoms with van der Waals surface area (Å²) in [5, 5.41) is 4.33. The topological polar surface area (TPSA) is 37.8 Å². The van der Waals surface area contributed by atoms with Crippen LogP contribution in [0.1, 0.15) is 12.8 Å². The number of aromatic nitrogens is 2. The maximum absolute atomic E-state index is 4.14. The number of nitrogens with zero attached hydrogens (tertiary/aromatic N) is 2. The molecular weight excluding hydrogens is 182 g/mol.